The zero-order chi connectivity index (χ0) is 17.4. The maximum Gasteiger partial charge on any atom is 0.319 e. The third kappa shape index (κ3) is 5.37. The summed E-state index contributed by atoms with van der Waals surface area (Å²) in [6.45, 7) is 1.82. The van der Waals surface area contributed by atoms with Crippen LogP contribution in [-0.4, -0.2) is 30.9 Å². The number of urea groups is 1. The summed E-state index contributed by atoms with van der Waals surface area (Å²) in [6.07, 6.45) is 0.531. The molecule has 0 heterocycles. The molecule has 5 nitrogen and oxygen atoms in total. The van der Waals surface area contributed by atoms with Crippen molar-refractivity contribution in [3.63, 3.8) is 0 Å². The highest BCUT2D eigenvalue weighted by Gasteiger charge is 2.13. The number of nitrogens with one attached hydrogen (secondary N) is 2. The van der Waals surface area contributed by atoms with Crippen LogP contribution in [0.2, 0.25) is 0 Å². The number of methoxy groups -OCH3 is 1. The van der Waals surface area contributed by atoms with E-state index in [-0.39, 0.29) is 24.8 Å². The number of ether oxygens (including phenoxy) is 1. The maximum atomic E-state index is 12.2. The first-order valence-electron chi connectivity index (χ1n) is 7.97. The Morgan fingerprint density at radius 3 is 2.58 bits per heavy atom. The molecule has 24 heavy (non-hydrogen) atoms. The van der Waals surface area contributed by atoms with Crippen molar-refractivity contribution in [2.24, 2.45) is 0 Å². The van der Waals surface area contributed by atoms with E-state index in [2.05, 4.69) is 10.6 Å². The predicted molar refractivity (Wildman–Crippen MR) is 95.0 cm³/mol. The van der Waals surface area contributed by atoms with Gasteiger partial charge >= 0.3 is 6.03 Å². The average molecular weight is 328 g/mol. The molecule has 128 valence electrons. The van der Waals surface area contributed by atoms with Gasteiger partial charge in [0.15, 0.2) is 0 Å². The van der Waals surface area contributed by atoms with Crippen LogP contribution in [0.3, 0.4) is 0 Å². The number of aliphatic hydroxyl groups excluding tert-OH is 1. The number of benzene rings is 2. The monoisotopic (exact) mass is 328 g/mol. The summed E-state index contributed by atoms with van der Waals surface area (Å²) in [6, 6.07) is 16.6. The molecular weight excluding hydrogens is 304 g/mol. The second kappa shape index (κ2) is 9.05. The fraction of sp³-hybridized carbons (Fsp3) is 0.316. The van der Waals surface area contributed by atoms with E-state index in [1.165, 1.54) is 0 Å². The molecule has 2 amide bonds. The fourth-order valence-corrected chi connectivity index (χ4v) is 2.42. The minimum absolute atomic E-state index is 0.0434. The molecule has 0 aliphatic carbocycles. The van der Waals surface area contributed by atoms with Crippen LogP contribution in [0.25, 0.3) is 0 Å². The molecule has 5 heteroatoms. The molecule has 3 N–H and O–H groups in total. The Kier molecular flexibility index (Phi) is 6.78. The number of aliphatic hydroxyl groups is 1. The lowest BCUT2D eigenvalue weighted by molar-refractivity contribution is 0.119. The summed E-state index contributed by atoms with van der Waals surface area (Å²) in [7, 11) is 1.65. The number of carbonyl (C=O) groups is 1. The van der Waals surface area contributed by atoms with E-state index in [1.807, 2.05) is 61.5 Å². The van der Waals surface area contributed by atoms with Gasteiger partial charge in [-0.2, -0.15) is 0 Å². The van der Waals surface area contributed by atoms with Crippen molar-refractivity contribution < 1.29 is 14.6 Å². The number of amides is 2. The summed E-state index contributed by atoms with van der Waals surface area (Å²) in [4.78, 5) is 12.2. The normalized spacial score (nSPS) is 13.1. The fourth-order valence-electron chi connectivity index (χ4n) is 2.42. The molecule has 0 spiro atoms. The molecule has 2 aromatic rings. The van der Waals surface area contributed by atoms with Crippen molar-refractivity contribution in [1.82, 2.24) is 5.32 Å². The van der Waals surface area contributed by atoms with Gasteiger partial charge in [-0.15, -0.1) is 0 Å². The second-order valence-corrected chi connectivity index (χ2v) is 5.67. The van der Waals surface area contributed by atoms with E-state index in [0.717, 1.165) is 11.1 Å². The quantitative estimate of drug-likeness (QED) is 0.731. The highest BCUT2D eigenvalue weighted by atomic mass is 16.5. The topological polar surface area (TPSA) is 70.6 Å². The second-order valence-electron chi connectivity index (χ2n) is 5.67. The lowest BCUT2D eigenvalue weighted by Gasteiger charge is -2.17. The van der Waals surface area contributed by atoms with Gasteiger partial charge in [0.05, 0.1) is 18.8 Å². The van der Waals surface area contributed by atoms with Gasteiger partial charge in [0, 0.05) is 12.8 Å². The van der Waals surface area contributed by atoms with Crippen LogP contribution in [0.1, 0.15) is 24.2 Å². The van der Waals surface area contributed by atoms with Crippen LogP contribution in [0, 0.1) is 0 Å². The van der Waals surface area contributed by atoms with Gasteiger partial charge in [0.2, 0.25) is 0 Å². The summed E-state index contributed by atoms with van der Waals surface area (Å²) in [5, 5.41) is 15.1. The molecule has 2 rings (SSSR count). The summed E-state index contributed by atoms with van der Waals surface area (Å²) in [5.74, 6) is 0. The maximum absolute atomic E-state index is 12.2. The van der Waals surface area contributed by atoms with Crippen LogP contribution in [0.5, 0.6) is 0 Å². The number of hydrogen-bond acceptors (Lipinski definition) is 3. The average Bonchev–Trinajstić information content (AvgIpc) is 2.61. The summed E-state index contributed by atoms with van der Waals surface area (Å²) >= 11 is 0. The summed E-state index contributed by atoms with van der Waals surface area (Å²) in [5.41, 5.74) is 2.73. The van der Waals surface area contributed by atoms with Crippen LogP contribution < -0.4 is 10.6 Å². The highest BCUT2D eigenvalue weighted by molar-refractivity contribution is 5.89. The van der Waals surface area contributed by atoms with Crippen LogP contribution in [-0.2, 0) is 11.2 Å². The first-order chi connectivity index (χ1) is 11.6. The van der Waals surface area contributed by atoms with Gasteiger partial charge in [-0.1, -0.05) is 42.5 Å². The molecular formula is C19H24N2O3. The Balaban J connectivity index is 1.94. The Morgan fingerprint density at radius 1 is 1.17 bits per heavy atom. The van der Waals surface area contributed by atoms with E-state index >= 15 is 0 Å². The van der Waals surface area contributed by atoms with E-state index < -0.39 is 0 Å². The van der Waals surface area contributed by atoms with Gasteiger partial charge in [0.1, 0.15) is 0 Å². The number of hydrogen-bond donors (Lipinski definition) is 3. The predicted octanol–water partition coefficient (Wildman–Crippen LogP) is 3.12. The SMILES string of the molecule is CO[C@H](C)c1cccc(NC(=O)N[C@H](CO)Cc2ccccc2)c1. The Morgan fingerprint density at radius 2 is 1.92 bits per heavy atom. The molecule has 0 saturated carbocycles. The molecule has 0 aromatic heterocycles. The first kappa shape index (κ1) is 18.0. The van der Waals surface area contributed by atoms with Crippen molar-refractivity contribution in [1.29, 1.82) is 0 Å². The highest BCUT2D eigenvalue weighted by Crippen LogP contribution is 2.19. The van der Waals surface area contributed by atoms with E-state index in [1.54, 1.807) is 7.11 Å². The Hall–Kier alpha value is -2.37. The van der Waals surface area contributed by atoms with E-state index in [4.69, 9.17) is 4.74 Å². The van der Waals surface area contributed by atoms with Crippen molar-refractivity contribution in [2.45, 2.75) is 25.5 Å². The van der Waals surface area contributed by atoms with Crippen molar-refractivity contribution in [2.75, 3.05) is 19.0 Å². The van der Waals surface area contributed by atoms with Gasteiger partial charge in [-0.05, 0) is 36.6 Å². The molecule has 0 saturated heterocycles. The third-order valence-corrected chi connectivity index (χ3v) is 3.85. The number of carbonyl (C=O) groups excluding carboxylic acids is 1. The molecule has 0 aliphatic rings. The molecule has 0 bridgehead atoms. The lowest BCUT2D eigenvalue weighted by atomic mass is 10.1. The molecule has 0 unspecified atom stereocenters. The van der Waals surface area contributed by atoms with Gasteiger partial charge in [-0.3, -0.25) is 0 Å². The Labute approximate surface area is 142 Å². The molecule has 0 radical (unpaired) electrons. The van der Waals surface area contributed by atoms with Crippen LogP contribution in [0.15, 0.2) is 54.6 Å². The Bertz CT molecular complexity index is 646. The van der Waals surface area contributed by atoms with Crippen molar-refractivity contribution >= 4 is 11.7 Å². The smallest absolute Gasteiger partial charge is 0.319 e. The van der Waals surface area contributed by atoms with Crippen molar-refractivity contribution in [3.05, 3.63) is 65.7 Å². The third-order valence-electron chi connectivity index (χ3n) is 3.85. The molecule has 2 atom stereocenters. The number of anilines is 1. The molecule has 0 aliphatic heterocycles. The minimum Gasteiger partial charge on any atom is -0.394 e. The summed E-state index contributed by atoms with van der Waals surface area (Å²) < 4.78 is 5.28. The molecule has 2 aromatic carbocycles. The zero-order valence-electron chi connectivity index (χ0n) is 14.0. The van der Waals surface area contributed by atoms with Crippen LogP contribution >= 0.6 is 0 Å². The zero-order valence-corrected chi connectivity index (χ0v) is 14.0. The largest absolute Gasteiger partial charge is 0.394 e. The standard InChI is InChI=1S/C19H24N2O3/c1-14(24-2)16-9-6-10-17(12-16)20-19(23)21-18(13-22)11-15-7-4-3-5-8-15/h3-10,12,14,18,22H,11,13H2,1-2H3,(H2,20,21,23)/t14-,18+/m1/s1. The van der Waals surface area contributed by atoms with Crippen LogP contribution in [0.4, 0.5) is 10.5 Å². The van der Waals surface area contributed by atoms with Gasteiger partial charge < -0.3 is 20.5 Å². The molecule has 0 fully saturated rings. The van der Waals surface area contributed by atoms with Gasteiger partial charge in [-0.25, -0.2) is 4.79 Å². The van der Waals surface area contributed by atoms with E-state index in [0.29, 0.717) is 12.1 Å². The first-order valence-corrected chi connectivity index (χ1v) is 7.97. The number of rotatable bonds is 7. The lowest BCUT2D eigenvalue weighted by Crippen LogP contribution is -2.41. The van der Waals surface area contributed by atoms with Crippen molar-refractivity contribution in [3.8, 4) is 0 Å². The van der Waals surface area contributed by atoms with Gasteiger partial charge in [0.25, 0.3) is 0 Å². The van der Waals surface area contributed by atoms with E-state index in [9.17, 15) is 9.90 Å². The minimum atomic E-state index is -0.341.